The van der Waals surface area contributed by atoms with Crippen LogP contribution in [0.1, 0.15) is 41.9 Å². The number of benzene rings is 2. The third kappa shape index (κ3) is 3.78. The molecular weight excluding hydrogens is 362 g/mol. The molecule has 1 aliphatic rings. The van der Waals surface area contributed by atoms with Crippen LogP contribution in [0.5, 0.6) is 0 Å². The number of aryl methyl sites for hydroxylation is 1. The van der Waals surface area contributed by atoms with Gasteiger partial charge >= 0.3 is 0 Å². The van der Waals surface area contributed by atoms with Gasteiger partial charge in [-0.15, -0.1) is 10.2 Å². The van der Waals surface area contributed by atoms with E-state index >= 15 is 0 Å². The smallest absolute Gasteiger partial charge is 0.258 e. The maximum atomic E-state index is 13.8. The Morgan fingerprint density at radius 1 is 0.964 bits per heavy atom. The largest absolute Gasteiger partial charge is 0.322 e. The van der Waals surface area contributed by atoms with Crippen molar-refractivity contribution < 1.29 is 13.6 Å². The minimum Gasteiger partial charge on any atom is -0.322 e. The Balaban J connectivity index is 1.52. The van der Waals surface area contributed by atoms with E-state index in [0.29, 0.717) is 11.8 Å². The lowest BCUT2D eigenvalue weighted by molar-refractivity contribution is 0.102. The highest BCUT2D eigenvalue weighted by atomic mass is 19.1. The number of nitrogens with one attached hydrogen (secondary N) is 1. The van der Waals surface area contributed by atoms with Crippen molar-refractivity contribution >= 4 is 11.6 Å². The molecule has 0 spiro atoms. The van der Waals surface area contributed by atoms with Gasteiger partial charge in [-0.3, -0.25) is 4.79 Å². The first-order valence-corrected chi connectivity index (χ1v) is 9.41. The molecule has 1 aromatic heterocycles. The molecule has 144 valence electrons. The normalized spacial score (nSPS) is 14.1. The van der Waals surface area contributed by atoms with E-state index < -0.39 is 17.5 Å². The van der Waals surface area contributed by atoms with Gasteiger partial charge in [0.25, 0.3) is 5.91 Å². The first-order valence-electron chi connectivity index (χ1n) is 9.41. The Hall–Kier alpha value is -3.09. The average molecular weight is 382 g/mol. The Kier molecular flexibility index (Phi) is 5.14. The number of halogens is 2. The lowest BCUT2D eigenvalue weighted by atomic mass is 10.1. The number of hydrogen-bond donors (Lipinski definition) is 1. The van der Waals surface area contributed by atoms with Crippen LogP contribution >= 0.6 is 0 Å². The molecule has 3 aromatic rings. The van der Waals surface area contributed by atoms with Crippen LogP contribution in [0.2, 0.25) is 0 Å². The van der Waals surface area contributed by atoms with E-state index in [1.165, 1.54) is 12.8 Å². The molecule has 0 fully saturated rings. The number of fused-ring (bicyclic) bond motifs is 1. The van der Waals surface area contributed by atoms with Crippen molar-refractivity contribution in [2.75, 3.05) is 5.32 Å². The second-order valence-electron chi connectivity index (χ2n) is 6.91. The molecule has 0 aliphatic carbocycles. The summed E-state index contributed by atoms with van der Waals surface area (Å²) in [4.78, 5) is 12.2. The van der Waals surface area contributed by atoms with E-state index in [1.54, 1.807) is 12.1 Å². The van der Waals surface area contributed by atoms with Gasteiger partial charge in [0.05, 0.1) is 5.56 Å². The first kappa shape index (κ1) is 18.3. The number of carbonyl (C=O) groups is 1. The zero-order valence-electron chi connectivity index (χ0n) is 15.3. The number of nitrogens with zero attached hydrogens (tertiary/aromatic N) is 3. The van der Waals surface area contributed by atoms with Crippen LogP contribution in [0.25, 0.3) is 11.4 Å². The summed E-state index contributed by atoms with van der Waals surface area (Å²) in [7, 11) is 0. The number of aromatic nitrogens is 3. The quantitative estimate of drug-likeness (QED) is 0.721. The zero-order chi connectivity index (χ0) is 19.5. The summed E-state index contributed by atoms with van der Waals surface area (Å²) in [6.45, 7) is 0.903. The Labute approximate surface area is 161 Å². The van der Waals surface area contributed by atoms with Crippen LogP contribution < -0.4 is 5.32 Å². The van der Waals surface area contributed by atoms with E-state index in [9.17, 15) is 13.6 Å². The van der Waals surface area contributed by atoms with E-state index in [2.05, 4.69) is 20.1 Å². The highest BCUT2D eigenvalue weighted by molar-refractivity contribution is 6.04. The number of rotatable bonds is 3. The average Bonchev–Trinajstić information content (AvgIpc) is 3.03. The third-order valence-corrected chi connectivity index (χ3v) is 4.94. The van der Waals surface area contributed by atoms with Crippen molar-refractivity contribution in [1.82, 2.24) is 14.8 Å². The molecule has 0 radical (unpaired) electrons. The summed E-state index contributed by atoms with van der Waals surface area (Å²) >= 11 is 0. The molecule has 4 rings (SSSR count). The summed E-state index contributed by atoms with van der Waals surface area (Å²) in [5.74, 6) is -0.409. The maximum Gasteiger partial charge on any atom is 0.258 e. The molecule has 0 unspecified atom stereocenters. The van der Waals surface area contributed by atoms with Crippen molar-refractivity contribution in [3.63, 3.8) is 0 Å². The van der Waals surface area contributed by atoms with Gasteiger partial charge < -0.3 is 9.88 Å². The van der Waals surface area contributed by atoms with Crippen molar-refractivity contribution in [2.24, 2.45) is 0 Å². The second kappa shape index (κ2) is 7.88. The van der Waals surface area contributed by atoms with Crippen molar-refractivity contribution in [1.29, 1.82) is 0 Å². The van der Waals surface area contributed by atoms with Crippen molar-refractivity contribution in [3.05, 3.63) is 65.5 Å². The van der Waals surface area contributed by atoms with Crippen molar-refractivity contribution in [3.8, 4) is 11.4 Å². The number of amides is 1. The van der Waals surface area contributed by atoms with Gasteiger partial charge in [0.15, 0.2) is 5.82 Å². The minimum atomic E-state index is -0.892. The summed E-state index contributed by atoms with van der Waals surface area (Å²) < 4.78 is 28.9. The molecule has 1 aliphatic heterocycles. The van der Waals surface area contributed by atoms with Crippen LogP contribution in [0.15, 0.2) is 42.5 Å². The number of carbonyl (C=O) groups excluding carboxylic acids is 1. The van der Waals surface area contributed by atoms with E-state index in [0.717, 1.165) is 55.2 Å². The summed E-state index contributed by atoms with van der Waals surface area (Å²) in [5.41, 5.74) is 1.22. The van der Waals surface area contributed by atoms with Gasteiger partial charge in [-0.25, -0.2) is 8.78 Å². The highest BCUT2D eigenvalue weighted by Gasteiger charge is 2.16. The zero-order valence-corrected chi connectivity index (χ0v) is 15.3. The molecule has 1 N–H and O–H groups in total. The fourth-order valence-electron chi connectivity index (χ4n) is 3.45. The van der Waals surface area contributed by atoms with Crippen LogP contribution in [0.4, 0.5) is 14.5 Å². The molecule has 0 saturated heterocycles. The van der Waals surface area contributed by atoms with E-state index in [1.807, 2.05) is 12.1 Å². The molecule has 5 nitrogen and oxygen atoms in total. The molecule has 0 atom stereocenters. The monoisotopic (exact) mass is 382 g/mol. The summed E-state index contributed by atoms with van der Waals surface area (Å²) in [6.07, 6.45) is 5.61. The topological polar surface area (TPSA) is 59.8 Å². The predicted molar refractivity (Wildman–Crippen MR) is 102 cm³/mol. The van der Waals surface area contributed by atoms with E-state index in [4.69, 9.17) is 0 Å². The van der Waals surface area contributed by atoms with E-state index in [-0.39, 0.29) is 5.56 Å². The van der Waals surface area contributed by atoms with Crippen LogP contribution in [0, 0.1) is 11.6 Å². The molecule has 7 heteroatoms. The Morgan fingerprint density at radius 2 is 1.75 bits per heavy atom. The fourth-order valence-corrected chi connectivity index (χ4v) is 3.45. The maximum absolute atomic E-state index is 13.8. The van der Waals surface area contributed by atoms with Crippen LogP contribution in [0.3, 0.4) is 0 Å². The fraction of sp³-hybridized carbons (Fsp3) is 0.286. The molecule has 1 amide bonds. The molecule has 0 saturated carbocycles. The first-order chi connectivity index (χ1) is 13.6. The van der Waals surface area contributed by atoms with Crippen molar-refractivity contribution in [2.45, 2.75) is 38.6 Å². The highest BCUT2D eigenvalue weighted by Crippen LogP contribution is 2.24. The molecule has 2 heterocycles. The van der Waals surface area contributed by atoms with Gasteiger partial charge in [0.1, 0.15) is 17.5 Å². The summed E-state index contributed by atoms with van der Waals surface area (Å²) in [6, 6.07) is 10.1. The number of hydrogen-bond acceptors (Lipinski definition) is 3. The van der Waals surface area contributed by atoms with Gasteiger partial charge in [0.2, 0.25) is 0 Å². The second-order valence-corrected chi connectivity index (χ2v) is 6.91. The molecular formula is C21H20F2N4O. The Bertz CT molecular complexity index is 998. The SMILES string of the molecule is O=C(Nc1ccc(-c2nnc3n2CCCCCC3)cc1)c1ccc(F)cc1F. The lowest BCUT2D eigenvalue weighted by Gasteiger charge is -2.13. The van der Waals surface area contributed by atoms with Gasteiger partial charge in [-0.1, -0.05) is 12.8 Å². The van der Waals surface area contributed by atoms with Gasteiger partial charge in [-0.05, 0) is 49.2 Å². The third-order valence-electron chi connectivity index (χ3n) is 4.94. The van der Waals surface area contributed by atoms with Gasteiger partial charge in [0, 0.05) is 30.3 Å². The minimum absolute atomic E-state index is 0.204. The molecule has 0 bridgehead atoms. The lowest BCUT2D eigenvalue weighted by Crippen LogP contribution is -2.14. The molecule has 28 heavy (non-hydrogen) atoms. The van der Waals surface area contributed by atoms with Crippen LogP contribution in [-0.2, 0) is 13.0 Å². The van der Waals surface area contributed by atoms with Gasteiger partial charge in [-0.2, -0.15) is 0 Å². The number of anilines is 1. The summed E-state index contributed by atoms with van der Waals surface area (Å²) in [5, 5.41) is 11.3. The predicted octanol–water partition coefficient (Wildman–Crippen LogP) is 4.59. The molecule has 2 aromatic carbocycles. The Morgan fingerprint density at radius 3 is 2.54 bits per heavy atom. The van der Waals surface area contributed by atoms with Crippen LogP contribution in [-0.4, -0.2) is 20.7 Å². The standard InChI is InChI=1S/C21H20F2N4O/c22-15-8-11-17(18(23)13-15)21(28)24-16-9-6-14(7-10-16)20-26-25-19-5-3-1-2-4-12-27(19)20/h6-11,13H,1-5,12H2,(H,24,28).